The van der Waals surface area contributed by atoms with Gasteiger partial charge in [0, 0.05) is 5.56 Å². The molecule has 0 aliphatic carbocycles. The first-order valence-corrected chi connectivity index (χ1v) is 6.04. The van der Waals surface area contributed by atoms with Crippen LogP contribution in [0.15, 0.2) is 60.7 Å². The fraction of sp³-hybridized carbons (Fsp3) is 0.0667. The van der Waals surface area contributed by atoms with Gasteiger partial charge in [0.25, 0.3) is 5.91 Å². The summed E-state index contributed by atoms with van der Waals surface area (Å²) in [6.07, 6.45) is 0. The zero-order valence-corrected chi connectivity index (χ0v) is 10.6. The number of carbonyl (C=O) groups is 2. The van der Waals surface area contributed by atoms with Gasteiger partial charge in [0.15, 0.2) is 0 Å². The van der Waals surface area contributed by atoms with Crippen molar-refractivity contribution in [1.29, 1.82) is 0 Å². The molecule has 102 valence electrons. The predicted octanol–water partition coefficient (Wildman–Crippen LogP) is 2.92. The van der Waals surface area contributed by atoms with Crippen molar-refractivity contribution < 1.29 is 14.1 Å². The number of amides is 3. The van der Waals surface area contributed by atoms with Crippen LogP contribution in [0.25, 0.3) is 0 Å². The summed E-state index contributed by atoms with van der Waals surface area (Å²) in [7, 11) is 0. The Morgan fingerprint density at radius 1 is 0.950 bits per heavy atom. The van der Waals surface area contributed by atoms with E-state index in [4.69, 9.17) is 0 Å². The molecule has 5 heteroatoms. The molecular formula is C15H13FN2O2. The summed E-state index contributed by atoms with van der Waals surface area (Å²) in [5.41, 5.74) is 0.936. The maximum absolute atomic E-state index is 13.6. The van der Waals surface area contributed by atoms with E-state index in [-0.39, 0.29) is 11.7 Å². The lowest BCUT2D eigenvalue weighted by atomic mass is 10.2. The lowest BCUT2D eigenvalue weighted by Gasteiger charge is -2.12. The van der Waals surface area contributed by atoms with E-state index in [0.717, 1.165) is 0 Å². The maximum atomic E-state index is 13.6. The monoisotopic (exact) mass is 272 g/mol. The van der Waals surface area contributed by atoms with Crippen LogP contribution in [0.1, 0.15) is 15.9 Å². The van der Waals surface area contributed by atoms with Crippen LogP contribution in [0.2, 0.25) is 0 Å². The van der Waals surface area contributed by atoms with Crippen LogP contribution in [0.3, 0.4) is 0 Å². The van der Waals surface area contributed by atoms with Crippen LogP contribution in [0.4, 0.5) is 9.28 Å². The predicted molar refractivity (Wildman–Crippen MR) is 72.4 cm³/mol. The summed E-state index contributed by atoms with van der Waals surface area (Å²) in [5, 5.41) is 1.96. The Kier molecular flexibility index (Phi) is 4.44. The van der Waals surface area contributed by atoms with Gasteiger partial charge in [0.2, 0.25) is 0 Å². The van der Waals surface area contributed by atoms with Crippen LogP contribution in [0.5, 0.6) is 0 Å². The first-order chi connectivity index (χ1) is 9.66. The van der Waals surface area contributed by atoms with Crippen LogP contribution in [-0.2, 0) is 6.54 Å². The number of nitrogens with one attached hydrogen (secondary N) is 1. The molecule has 2 aromatic carbocycles. The Bertz CT molecular complexity index is 587. The van der Waals surface area contributed by atoms with Crippen molar-refractivity contribution >= 4 is 11.9 Å². The van der Waals surface area contributed by atoms with Crippen molar-refractivity contribution in [3.63, 3.8) is 0 Å². The van der Waals surface area contributed by atoms with E-state index < -0.39 is 11.9 Å². The number of carbonyl (C=O) groups excluding carboxylic acids is 2. The van der Waals surface area contributed by atoms with Gasteiger partial charge in [-0.2, -0.15) is 5.12 Å². The zero-order valence-electron chi connectivity index (χ0n) is 10.6. The molecule has 3 amide bonds. The molecule has 0 heterocycles. The molecule has 0 unspecified atom stereocenters. The lowest BCUT2D eigenvalue weighted by Crippen LogP contribution is -2.38. The van der Waals surface area contributed by atoms with E-state index in [9.17, 15) is 14.1 Å². The molecule has 20 heavy (non-hydrogen) atoms. The van der Waals surface area contributed by atoms with E-state index in [1.807, 2.05) is 5.32 Å². The van der Waals surface area contributed by atoms with Crippen LogP contribution in [-0.4, -0.2) is 17.1 Å². The molecule has 0 spiro atoms. The van der Waals surface area contributed by atoms with Gasteiger partial charge in [-0.05, 0) is 17.7 Å². The highest BCUT2D eigenvalue weighted by atomic mass is 19.2. The first-order valence-electron chi connectivity index (χ1n) is 6.04. The molecule has 4 nitrogen and oxygen atoms in total. The van der Waals surface area contributed by atoms with E-state index in [1.54, 1.807) is 60.7 Å². The highest BCUT2D eigenvalue weighted by Crippen LogP contribution is 2.05. The number of hydrogen-bond donors (Lipinski definition) is 1. The van der Waals surface area contributed by atoms with Crippen molar-refractivity contribution in [3.05, 3.63) is 71.8 Å². The minimum absolute atomic E-state index is 0.0316. The largest absolute Gasteiger partial charge is 0.352 e. The highest BCUT2D eigenvalue weighted by Gasteiger charge is 2.17. The fourth-order valence-corrected chi connectivity index (χ4v) is 1.63. The molecule has 0 radical (unpaired) electrons. The van der Waals surface area contributed by atoms with Gasteiger partial charge in [-0.15, -0.1) is 0 Å². The SMILES string of the molecule is O=C(NC(=O)N(F)Cc1ccccc1)c1ccccc1. The van der Waals surface area contributed by atoms with Crippen LogP contribution >= 0.6 is 0 Å². The Morgan fingerprint density at radius 2 is 1.50 bits per heavy atom. The van der Waals surface area contributed by atoms with Gasteiger partial charge in [-0.3, -0.25) is 10.1 Å². The van der Waals surface area contributed by atoms with Crippen molar-refractivity contribution in [2.45, 2.75) is 6.54 Å². The third-order valence-corrected chi connectivity index (χ3v) is 2.64. The molecule has 2 aromatic rings. The molecule has 0 aliphatic rings. The Hall–Kier alpha value is -2.69. The summed E-state index contributed by atoms with van der Waals surface area (Å²) in [6, 6.07) is 15.8. The highest BCUT2D eigenvalue weighted by molar-refractivity contribution is 6.03. The Balaban J connectivity index is 1.93. The number of imide groups is 1. The minimum Gasteiger partial charge on any atom is -0.272 e. The molecule has 0 fully saturated rings. The Labute approximate surface area is 115 Å². The van der Waals surface area contributed by atoms with Gasteiger partial charge in [0.1, 0.15) is 0 Å². The molecule has 0 aromatic heterocycles. The molecule has 0 bridgehead atoms. The second kappa shape index (κ2) is 6.47. The maximum Gasteiger partial charge on any atom is 0.352 e. The summed E-state index contributed by atoms with van der Waals surface area (Å²) in [5.74, 6) is -0.633. The van der Waals surface area contributed by atoms with Gasteiger partial charge in [0.05, 0.1) is 6.54 Å². The van der Waals surface area contributed by atoms with Crippen LogP contribution < -0.4 is 5.32 Å². The summed E-state index contributed by atoms with van der Waals surface area (Å²) >= 11 is 0. The number of rotatable bonds is 3. The molecule has 1 N–H and O–H groups in total. The van der Waals surface area contributed by atoms with E-state index in [2.05, 4.69) is 0 Å². The molecular weight excluding hydrogens is 259 g/mol. The van der Waals surface area contributed by atoms with Crippen molar-refractivity contribution in [3.8, 4) is 0 Å². The minimum atomic E-state index is -1.08. The lowest BCUT2D eigenvalue weighted by molar-refractivity contribution is 0.0556. The number of urea groups is 1. The molecule has 0 saturated carbocycles. The van der Waals surface area contributed by atoms with E-state index in [1.165, 1.54) is 0 Å². The summed E-state index contributed by atoms with van der Waals surface area (Å²) in [6.45, 7) is -0.214. The van der Waals surface area contributed by atoms with Crippen molar-refractivity contribution in [1.82, 2.24) is 10.4 Å². The third-order valence-electron chi connectivity index (χ3n) is 2.64. The fourth-order valence-electron chi connectivity index (χ4n) is 1.63. The normalized spacial score (nSPS) is 9.85. The van der Waals surface area contributed by atoms with Gasteiger partial charge in [-0.25, -0.2) is 4.79 Å². The molecule has 0 aliphatic heterocycles. The van der Waals surface area contributed by atoms with E-state index in [0.29, 0.717) is 11.1 Å². The van der Waals surface area contributed by atoms with Crippen molar-refractivity contribution in [2.24, 2.45) is 0 Å². The number of nitrogens with zero attached hydrogens (tertiary/aromatic N) is 1. The quantitative estimate of drug-likeness (QED) is 0.873. The number of halogens is 1. The Morgan fingerprint density at radius 3 is 2.10 bits per heavy atom. The molecule has 0 saturated heterocycles. The second-order valence-corrected chi connectivity index (χ2v) is 4.13. The first kappa shape index (κ1) is 13.7. The summed E-state index contributed by atoms with van der Waals surface area (Å²) in [4.78, 5) is 23.2. The third kappa shape index (κ3) is 3.65. The van der Waals surface area contributed by atoms with Gasteiger partial charge >= 0.3 is 6.03 Å². The summed E-state index contributed by atoms with van der Waals surface area (Å²) < 4.78 is 13.6. The smallest absolute Gasteiger partial charge is 0.272 e. The topological polar surface area (TPSA) is 49.4 Å². The standard InChI is InChI=1S/C15H13FN2O2/c16-18(11-12-7-3-1-4-8-12)15(20)17-14(19)13-9-5-2-6-10-13/h1-10H,11H2,(H,17,19,20). The zero-order chi connectivity index (χ0) is 14.4. The van der Waals surface area contributed by atoms with Crippen LogP contribution in [0, 0.1) is 0 Å². The average Bonchev–Trinajstić information content (AvgIpc) is 2.49. The van der Waals surface area contributed by atoms with E-state index >= 15 is 0 Å². The second-order valence-electron chi connectivity index (χ2n) is 4.13. The number of hydrogen-bond acceptors (Lipinski definition) is 2. The van der Waals surface area contributed by atoms with Gasteiger partial charge < -0.3 is 0 Å². The molecule has 0 atom stereocenters. The molecule has 2 rings (SSSR count). The average molecular weight is 272 g/mol. The van der Waals surface area contributed by atoms with Gasteiger partial charge in [-0.1, -0.05) is 53.0 Å². The van der Waals surface area contributed by atoms with Crippen molar-refractivity contribution in [2.75, 3.05) is 0 Å². The number of benzene rings is 2.